The molecule has 0 bridgehead atoms. The van der Waals surface area contributed by atoms with Crippen LogP contribution in [0.2, 0.25) is 5.02 Å². The molecule has 0 radical (unpaired) electrons. The van der Waals surface area contributed by atoms with Gasteiger partial charge in [0.25, 0.3) is 0 Å². The Hall–Kier alpha value is -0.550. The molecular weight excluding hydrogens is 405 g/mol. The van der Waals surface area contributed by atoms with Gasteiger partial charge in [0, 0.05) is 15.5 Å². The highest BCUT2D eigenvalue weighted by Crippen LogP contribution is 2.34. The van der Waals surface area contributed by atoms with Crippen LogP contribution in [0.5, 0.6) is 11.5 Å². The second-order valence-corrected chi connectivity index (χ2v) is 6.52. The van der Waals surface area contributed by atoms with Crippen molar-refractivity contribution in [3.8, 4) is 11.5 Å². The van der Waals surface area contributed by atoms with Crippen molar-refractivity contribution in [2.45, 2.75) is 13.0 Å². The van der Waals surface area contributed by atoms with E-state index in [0.717, 1.165) is 20.4 Å². The van der Waals surface area contributed by atoms with Crippen LogP contribution in [0.3, 0.4) is 0 Å². The molecule has 0 amide bonds. The van der Waals surface area contributed by atoms with E-state index >= 15 is 0 Å². The molecule has 1 unspecified atom stereocenters. The van der Waals surface area contributed by atoms with Crippen LogP contribution >= 0.6 is 43.5 Å². The number of hydrogen-bond acceptors (Lipinski definition) is 2. The van der Waals surface area contributed by atoms with Gasteiger partial charge in [0.05, 0.1) is 4.47 Å². The minimum atomic E-state index is 0.278. The molecule has 0 saturated carbocycles. The molecule has 2 rings (SSSR count). The summed E-state index contributed by atoms with van der Waals surface area (Å²) in [4.78, 5) is 0. The van der Waals surface area contributed by atoms with Crippen molar-refractivity contribution in [1.29, 1.82) is 0 Å². The standard InChI is InChI=1S/C15H14Br2ClNO/c1-9(19-2)12-5-4-11(8-13(12)16)20-15-6-3-10(18)7-14(15)17/h3-9,19H,1-2H3. The van der Waals surface area contributed by atoms with E-state index in [9.17, 15) is 0 Å². The predicted molar refractivity (Wildman–Crippen MR) is 90.8 cm³/mol. The SMILES string of the molecule is CNC(C)c1ccc(Oc2ccc(Cl)cc2Br)cc1Br. The Bertz CT molecular complexity index is 619. The van der Waals surface area contributed by atoms with E-state index in [2.05, 4.69) is 44.1 Å². The van der Waals surface area contributed by atoms with Crippen molar-refractivity contribution in [2.24, 2.45) is 0 Å². The lowest BCUT2D eigenvalue weighted by Gasteiger charge is -2.14. The van der Waals surface area contributed by atoms with E-state index in [-0.39, 0.29) is 6.04 Å². The van der Waals surface area contributed by atoms with E-state index < -0.39 is 0 Å². The molecule has 0 aliphatic heterocycles. The van der Waals surface area contributed by atoms with Crippen molar-refractivity contribution >= 4 is 43.5 Å². The summed E-state index contributed by atoms with van der Waals surface area (Å²) in [5.74, 6) is 1.50. The molecule has 0 aliphatic carbocycles. The van der Waals surface area contributed by atoms with Gasteiger partial charge in [-0.3, -0.25) is 0 Å². The van der Waals surface area contributed by atoms with Gasteiger partial charge in [0.1, 0.15) is 11.5 Å². The van der Waals surface area contributed by atoms with Gasteiger partial charge in [-0.25, -0.2) is 0 Å². The number of halogens is 3. The monoisotopic (exact) mass is 417 g/mol. The molecule has 0 aromatic heterocycles. The Labute approximate surface area is 140 Å². The first-order valence-electron chi connectivity index (χ1n) is 6.11. The summed E-state index contributed by atoms with van der Waals surface area (Å²) in [7, 11) is 1.94. The Balaban J connectivity index is 2.24. The molecule has 2 aromatic rings. The van der Waals surface area contributed by atoms with Gasteiger partial charge in [0.2, 0.25) is 0 Å². The minimum absolute atomic E-state index is 0.278. The third-order valence-corrected chi connectivity index (χ3v) is 4.53. The molecule has 0 saturated heterocycles. The minimum Gasteiger partial charge on any atom is -0.456 e. The number of nitrogens with one attached hydrogen (secondary N) is 1. The predicted octanol–water partition coefficient (Wildman–Crippen LogP) is 5.94. The summed E-state index contributed by atoms with van der Waals surface area (Å²) in [5, 5.41) is 3.88. The molecule has 0 fully saturated rings. The number of benzene rings is 2. The van der Waals surface area contributed by atoms with Gasteiger partial charge >= 0.3 is 0 Å². The second kappa shape index (κ2) is 6.94. The number of ether oxygens (including phenoxy) is 1. The molecule has 106 valence electrons. The van der Waals surface area contributed by atoms with Crippen LogP contribution in [0.4, 0.5) is 0 Å². The van der Waals surface area contributed by atoms with E-state index in [1.165, 1.54) is 5.56 Å². The van der Waals surface area contributed by atoms with Crippen LogP contribution in [0.1, 0.15) is 18.5 Å². The highest BCUT2D eigenvalue weighted by Gasteiger charge is 2.09. The normalized spacial score (nSPS) is 12.2. The molecule has 0 heterocycles. The van der Waals surface area contributed by atoms with E-state index in [4.69, 9.17) is 16.3 Å². The zero-order valence-corrected chi connectivity index (χ0v) is 15.0. The second-order valence-electron chi connectivity index (χ2n) is 4.37. The van der Waals surface area contributed by atoms with Crippen LogP contribution < -0.4 is 10.1 Å². The molecule has 2 nitrogen and oxygen atoms in total. The van der Waals surface area contributed by atoms with Crippen molar-refractivity contribution in [2.75, 3.05) is 7.05 Å². The van der Waals surface area contributed by atoms with Crippen molar-refractivity contribution in [3.63, 3.8) is 0 Å². The third kappa shape index (κ3) is 3.76. The first kappa shape index (κ1) is 15.8. The summed E-state index contributed by atoms with van der Waals surface area (Å²) >= 11 is 12.9. The fraction of sp³-hybridized carbons (Fsp3) is 0.200. The zero-order chi connectivity index (χ0) is 14.7. The smallest absolute Gasteiger partial charge is 0.141 e. The van der Waals surface area contributed by atoms with Crippen LogP contribution in [-0.2, 0) is 0 Å². The molecule has 1 atom stereocenters. The Morgan fingerprint density at radius 2 is 1.85 bits per heavy atom. The van der Waals surface area contributed by atoms with Crippen LogP contribution in [-0.4, -0.2) is 7.05 Å². The molecule has 5 heteroatoms. The lowest BCUT2D eigenvalue weighted by molar-refractivity contribution is 0.478. The molecule has 2 aromatic carbocycles. The first-order chi connectivity index (χ1) is 9.51. The van der Waals surface area contributed by atoms with Gasteiger partial charge in [-0.2, -0.15) is 0 Å². The largest absolute Gasteiger partial charge is 0.456 e. The highest BCUT2D eigenvalue weighted by molar-refractivity contribution is 9.10. The first-order valence-corrected chi connectivity index (χ1v) is 8.07. The molecule has 20 heavy (non-hydrogen) atoms. The summed E-state index contributed by atoms with van der Waals surface area (Å²) in [5.41, 5.74) is 1.19. The maximum Gasteiger partial charge on any atom is 0.141 e. The van der Waals surface area contributed by atoms with E-state index in [0.29, 0.717) is 5.02 Å². The maximum atomic E-state index is 5.92. The fourth-order valence-corrected chi connectivity index (χ4v) is 3.23. The van der Waals surface area contributed by atoms with Gasteiger partial charge in [0.15, 0.2) is 0 Å². The van der Waals surface area contributed by atoms with Gasteiger partial charge in [-0.15, -0.1) is 0 Å². The Morgan fingerprint density at radius 1 is 1.10 bits per heavy atom. The number of rotatable bonds is 4. The molecule has 0 aliphatic rings. The third-order valence-electron chi connectivity index (χ3n) is 2.99. The van der Waals surface area contributed by atoms with Crippen LogP contribution in [0, 0.1) is 0 Å². The summed E-state index contributed by atoms with van der Waals surface area (Å²) in [6.07, 6.45) is 0. The summed E-state index contributed by atoms with van der Waals surface area (Å²) < 4.78 is 7.70. The van der Waals surface area contributed by atoms with Crippen molar-refractivity contribution in [1.82, 2.24) is 5.32 Å². The lowest BCUT2D eigenvalue weighted by atomic mass is 10.1. The molecular formula is C15H14Br2ClNO. The van der Waals surface area contributed by atoms with Crippen LogP contribution in [0.15, 0.2) is 45.3 Å². The summed E-state index contributed by atoms with van der Waals surface area (Å²) in [6, 6.07) is 11.7. The van der Waals surface area contributed by atoms with Crippen molar-refractivity contribution in [3.05, 3.63) is 55.9 Å². The lowest BCUT2D eigenvalue weighted by Crippen LogP contribution is -2.12. The fourth-order valence-electron chi connectivity index (χ4n) is 1.76. The molecule has 1 N–H and O–H groups in total. The number of hydrogen-bond donors (Lipinski definition) is 1. The Morgan fingerprint density at radius 3 is 2.45 bits per heavy atom. The average molecular weight is 420 g/mol. The van der Waals surface area contributed by atoms with Gasteiger partial charge in [-0.05, 0) is 65.8 Å². The van der Waals surface area contributed by atoms with E-state index in [1.54, 1.807) is 6.07 Å². The van der Waals surface area contributed by atoms with Gasteiger partial charge < -0.3 is 10.1 Å². The average Bonchev–Trinajstić information content (AvgIpc) is 2.41. The van der Waals surface area contributed by atoms with E-state index in [1.807, 2.05) is 37.4 Å². The molecule has 0 spiro atoms. The maximum absolute atomic E-state index is 5.92. The summed E-state index contributed by atoms with van der Waals surface area (Å²) in [6.45, 7) is 2.11. The zero-order valence-electron chi connectivity index (χ0n) is 11.1. The van der Waals surface area contributed by atoms with Crippen molar-refractivity contribution < 1.29 is 4.74 Å². The topological polar surface area (TPSA) is 21.3 Å². The Kier molecular flexibility index (Phi) is 5.49. The van der Waals surface area contributed by atoms with Crippen LogP contribution in [0.25, 0.3) is 0 Å². The van der Waals surface area contributed by atoms with Gasteiger partial charge in [-0.1, -0.05) is 33.6 Å². The quantitative estimate of drug-likeness (QED) is 0.662. The highest BCUT2D eigenvalue weighted by atomic mass is 79.9.